The standard InChI is InChI=1S/C19H14O3/c1-12(13-7-3-2-4-8-13)21-19(20)16-11-17-14-9-5-6-10-15(14)18(16)22-17/h2-12H,1H3/t12-/m1/s1. The van der Waals surface area contributed by atoms with Crippen molar-refractivity contribution >= 4 is 27.9 Å². The van der Waals surface area contributed by atoms with Gasteiger partial charge in [0.1, 0.15) is 22.8 Å². The first-order valence-electron chi connectivity index (χ1n) is 7.23. The van der Waals surface area contributed by atoms with Crippen molar-refractivity contribution in [1.29, 1.82) is 0 Å². The van der Waals surface area contributed by atoms with Crippen LogP contribution < -0.4 is 0 Å². The number of hydrogen-bond acceptors (Lipinski definition) is 3. The molecule has 0 saturated heterocycles. The van der Waals surface area contributed by atoms with Gasteiger partial charge in [0, 0.05) is 10.8 Å². The van der Waals surface area contributed by atoms with E-state index in [4.69, 9.17) is 9.15 Å². The summed E-state index contributed by atoms with van der Waals surface area (Å²) in [6, 6.07) is 19.3. The van der Waals surface area contributed by atoms with E-state index >= 15 is 0 Å². The highest BCUT2D eigenvalue weighted by molar-refractivity contribution is 6.15. The Balaban J connectivity index is 1.65. The van der Waals surface area contributed by atoms with E-state index in [1.165, 1.54) is 0 Å². The van der Waals surface area contributed by atoms with Crippen LogP contribution in [-0.4, -0.2) is 5.97 Å². The number of carbonyl (C=O) groups excluding carboxylic acids is 1. The van der Waals surface area contributed by atoms with Gasteiger partial charge in [-0.15, -0.1) is 0 Å². The molecular weight excluding hydrogens is 276 g/mol. The van der Waals surface area contributed by atoms with Crippen LogP contribution in [0.5, 0.6) is 0 Å². The highest BCUT2D eigenvalue weighted by Gasteiger charge is 2.22. The summed E-state index contributed by atoms with van der Waals surface area (Å²) in [6.45, 7) is 1.87. The molecule has 2 aromatic heterocycles. The lowest BCUT2D eigenvalue weighted by molar-refractivity contribution is 0.0340. The first kappa shape index (κ1) is 12.9. The average molecular weight is 290 g/mol. The van der Waals surface area contributed by atoms with Crippen LogP contribution in [0.15, 0.2) is 65.1 Å². The minimum Gasteiger partial charge on any atom is -0.455 e. The first-order chi connectivity index (χ1) is 10.7. The molecule has 0 aliphatic heterocycles. The maximum absolute atomic E-state index is 12.4. The van der Waals surface area contributed by atoms with Gasteiger partial charge < -0.3 is 9.15 Å². The van der Waals surface area contributed by atoms with E-state index in [1.54, 1.807) is 6.07 Å². The lowest BCUT2D eigenvalue weighted by Crippen LogP contribution is -2.08. The zero-order valence-electron chi connectivity index (χ0n) is 12.1. The number of ether oxygens (including phenoxy) is 1. The summed E-state index contributed by atoms with van der Waals surface area (Å²) in [4.78, 5) is 12.4. The number of rotatable bonds is 3. The molecule has 4 aromatic rings. The number of benzene rings is 3. The molecule has 108 valence electrons. The second-order valence-corrected chi connectivity index (χ2v) is 5.36. The van der Waals surface area contributed by atoms with Crippen LogP contribution in [0.2, 0.25) is 0 Å². The molecule has 2 aromatic carbocycles. The molecule has 22 heavy (non-hydrogen) atoms. The highest BCUT2D eigenvalue weighted by Crippen LogP contribution is 2.35. The minimum absolute atomic E-state index is 0.297. The van der Waals surface area contributed by atoms with Crippen LogP contribution in [0.3, 0.4) is 0 Å². The van der Waals surface area contributed by atoms with Crippen LogP contribution in [0, 0.1) is 0 Å². The fraction of sp³-hybridized carbons (Fsp3) is 0.105. The molecule has 0 radical (unpaired) electrons. The minimum atomic E-state index is -0.351. The van der Waals surface area contributed by atoms with Gasteiger partial charge >= 0.3 is 5.97 Å². The van der Waals surface area contributed by atoms with Crippen molar-refractivity contribution in [2.75, 3.05) is 0 Å². The van der Waals surface area contributed by atoms with E-state index < -0.39 is 0 Å². The van der Waals surface area contributed by atoms with Gasteiger partial charge in [0.15, 0.2) is 0 Å². The van der Waals surface area contributed by atoms with Crippen molar-refractivity contribution in [3.8, 4) is 0 Å². The number of carbonyl (C=O) groups is 1. The molecule has 0 amide bonds. The molecule has 4 rings (SSSR count). The predicted molar refractivity (Wildman–Crippen MR) is 85.2 cm³/mol. The molecule has 0 N–H and O–H groups in total. The van der Waals surface area contributed by atoms with E-state index in [0.717, 1.165) is 21.9 Å². The molecule has 0 saturated carbocycles. The molecule has 0 aliphatic carbocycles. The zero-order chi connectivity index (χ0) is 15.1. The Morgan fingerprint density at radius 3 is 2.45 bits per heavy atom. The van der Waals surface area contributed by atoms with Crippen LogP contribution in [0.1, 0.15) is 28.9 Å². The lowest BCUT2D eigenvalue weighted by Gasteiger charge is -2.13. The van der Waals surface area contributed by atoms with Crippen molar-refractivity contribution in [3.05, 3.63) is 71.8 Å². The predicted octanol–water partition coefficient (Wildman–Crippen LogP) is 4.94. The Kier molecular flexibility index (Phi) is 2.86. The van der Waals surface area contributed by atoms with Crippen molar-refractivity contribution < 1.29 is 13.9 Å². The van der Waals surface area contributed by atoms with E-state index in [0.29, 0.717) is 11.1 Å². The number of furan rings is 2. The highest BCUT2D eigenvalue weighted by atomic mass is 16.5. The van der Waals surface area contributed by atoms with Gasteiger partial charge in [-0.05, 0) is 18.6 Å². The van der Waals surface area contributed by atoms with Gasteiger partial charge in [-0.25, -0.2) is 4.79 Å². The van der Waals surface area contributed by atoms with Gasteiger partial charge in [0.25, 0.3) is 0 Å². The fourth-order valence-electron chi connectivity index (χ4n) is 2.79. The van der Waals surface area contributed by atoms with E-state index in [9.17, 15) is 4.79 Å². The zero-order valence-corrected chi connectivity index (χ0v) is 12.1. The van der Waals surface area contributed by atoms with Crippen molar-refractivity contribution in [3.63, 3.8) is 0 Å². The molecule has 0 aliphatic rings. The topological polar surface area (TPSA) is 39.4 Å². The summed E-state index contributed by atoms with van der Waals surface area (Å²) in [7, 11) is 0. The molecule has 2 heterocycles. The maximum atomic E-state index is 12.4. The number of hydrogen-bond donors (Lipinski definition) is 0. The van der Waals surface area contributed by atoms with Crippen molar-refractivity contribution in [2.45, 2.75) is 13.0 Å². The fourth-order valence-corrected chi connectivity index (χ4v) is 2.79. The van der Waals surface area contributed by atoms with Crippen LogP contribution in [0.4, 0.5) is 0 Å². The SMILES string of the molecule is C[C@@H](OC(=O)c1cc2oc1c1ccccc21)c1ccccc1. The molecule has 1 atom stereocenters. The van der Waals surface area contributed by atoms with Crippen LogP contribution in [-0.2, 0) is 4.74 Å². The summed E-state index contributed by atoms with van der Waals surface area (Å²) in [5.74, 6) is -0.351. The van der Waals surface area contributed by atoms with Crippen molar-refractivity contribution in [2.24, 2.45) is 0 Å². The maximum Gasteiger partial charge on any atom is 0.342 e. The number of esters is 1. The average Bonchev–Trinajstić information content (AvgIpc) is 3.15. The van der Waals surface area contributed by atoms with Crippen LogP contribution >= 0.6 is 0 Å². The van der Waals surface area contributed by atoms with E-state index in [2.05, 4.69) is 0 Å². The summed E-state index contributed by atoms with van der Waals surface area (Å²) >= 11 is 0. The molecule has 0 spiro atoms. The normalized spacial score (nSPS) is 12.8. The molecule has 3 nitrogen and oxygen atoms in total. The third-order valence-corrected chi connectivity index (χ3v) is 3.94. The Bertz CT molecular complexity index is 937. The molecule has 0 unspecified atom stereocenters. The summed E-state index contributed by atoms with van der Waals surface area (Å²) in [5, 5.41) is 1.99. The summed E-state index contributed by atoms with van der Waals surface area (Å²) < 4.78 is 11.3. The Morgan fingerprint density at radius 2 is 1.68 bits per heavy atom. The second kappa shape index (κ2) is 4.88. The third-order valence-electron chi connectivity index (χ3n) is 3.94. The lowest BCUT2D eigenvalue weighted by atomic mass is 10.1. The summed E-state index contributed by atoms with van der Waals surface area (Å²) in [6.07, 6.45) is -0.297. The van der Waals surface area contributed by atoms with Gasteiger partial charge in [-0.2, -0.15) is 0 Å². The Labute approximate surface area is 127 Å². The van der Waals surface area contributed by atoms with Crippen molar-refractivity contribution in [1.82, 2.24) is 0 Å². The smallest absolute Gasteiger partial charge is 0.342 e. The third kappa shape index (κ3) is 1.94. The van der Waals surface area contributed by atoms with Gasteiger partial charge in [0.05, 0.1) is 0 Å². The van der Waals surface area contributed by atoms with E-state index in [-0.39, 0.29) is 12.1 Å². The van der Waals surface area contributed by atoms with Gasteiger partial charge in [0.2, 0.25) is 0 Å². The molecular formula is C19H14O3. The van der Waals surface area contributed by atoms with Gasteiger partial charge in [-0.3, -0.25) is 0 Å². The van der Waals surface area contributed by atoms with E-state index in [1.807, 2.05) is 61.5 Å². The number of fused-ring (bicyclic) bond motifs is 5. The quantitative estimate of drug-likeness (QED) is 0.501. The summed E-state index contributed by atoms with van der Waals surface area (Å²) in [5.41, 5.74) is 2.80. The van der Waals surface area contributed by atoms with Gasteiger partial charge in [-0.1, -0.05) is 54.6 Å². The second-order valence-electron chi connectivity index (χ2n) is 5.36. The molecule has 0 fully saturated rings. The monoisotopic (exact) mass is 290 g/mol. The molecule has 3 heteroatoms. The largest absolute Gasteiger partial charge is 0.455 e. The molecule has 2 bridgehead atoms. The Morgan fingerprint density at radius 1 is 1.00 bits per heavy atom. The van der Waals surface area contributed by atoms with Crippen LogP contribution in [0.25, 0.3) is 21.9 Å². The Hall–Kier alpha value is -2.81. The first-order valence-corrected chi connectivity index (χ1v) is 7.23.